The average molecular weight is 255 g/mol. The first-order valence-electron chi connectivity index (χ1n) is 5.95. The van der Waals surface area contributed by atoms with Crippen LogP contribution in [-0.2, 0) is 19.1 Å². The molecular weight excluding hydrogens is 234 g/mol. The molecule has 5 heteroatoms. The van der Waals surface area contributed by atoms with Gasteiger partial charge in [-0.2, -0.15) is 0 Å². The number of unbranched alkanes of at least 4 members (excludes halogenated alkanes) is 2. The van der Waals surface area contributed by atoms with E-state index in [1.807, 2.05) is 0 Å². The van der Waals surface area contributed by atoms with Gasteiger partial charge in [0.25, 0.3) is 5.91 Å². The molecule has 0 saturated heterocycles. The zero-order valence-corrected chi connectivity index (χ0v) is 11.3. The van der Waals surface area contributed by atoms with E-state index in [9.17, 15) is 14.4 Å². The van der Waals surface area contributed by atoms with E-state index in [4.69, 9.17) is 4.74 Å². The van der Waals surface area contributed by atoms with E-state index < -0.39 is 11.7 Å². The fraction of sp³-hybridized carbons (Fsp3) is 0.615. The maximum atomic E-state index is 11.2. The Labute approximate surface area is 108 Å². The van der Waals surface area contributed by atoms with Gasteiger partial charge in [-0.3, -0.25) is 9.59 Å². The molecule has 102 valence electrons. The standard InChI is InChI=1S/C13H21NO4/c1-10(2)13(17)18-9-7-5-6-8-14(4)12(16)11(3)15/h1,5-9H2,2-4H3. The Hall–Kier alpha value is -1.65. The van der Waals surface area contributed by atoms with Crippen molar-refractivity contribution in [2.75, 3.05) is 20.2 Å². The number of hydrogen-bond donors (Lipinski definition) is 0. The molecule has 0 aliphatic rings. The van der Waals surface area contributed by atoms with Crippen molar-refractivity contribution in [2.45, 2.75) is 33.1 Å². The SMILES string of the molecule is C=C(C)C(=O)OCCCCCN(C)C(=O)C(C)=O. The van der Waals surface area contributed by atoms with E-state index in [-0.39, 0.29) is 5.97 Å². The number of ketones is 1. The van der Waals surface area contributed by atoms with Gasteiger partial charge in [-0.1, -0.05) is 6.58 Å². The first kappa shape index (κ1) is 16.4. The topological polar surface area (TPSA) is 63.7 Å². The second-order valence-electron chi connectivity index (χ2n) is 4.26. The molecule has 0 aromatic heterocycles. The second kappa shape index (κ2) is 8.44. The zero-order valence-electron chi connectivity index (χ0n) is 11.3. The second-order valence-corrected chi connectivity index (χ2v) is 4.26. The van der Waals surface area contributed by atoms with Gasteiger partial charge in [-0.15, -0.1) is 0 Å². The van der Waals surface area contributed by atoms with Crippen LogP contribution in [0.4, 0.5) is 0 Å². The van der Waals surface area contributed by atoms with Gasteiger partial charge in [0.2, 0.25) is 5.78 Å². The van der Waals surface area contributed by atoms with Crippen molar-refractivity contribution in [3.05, 3.63) is 12.2 Å². The molecule has 0 aliphatic heterocycles. The number of likely N-dealkylation sites (N-methyl/N-ethyl adjacent to an activating group) is 1. The van der Waals surface area contributed by atoms with Crippen LogP contribution < -0.4 is 0 Å². The highest BCUT2D eigenvalue weighted by Crippen LogP contribution is 2.00. The molecule has 0 fully saturated rings. The Balaban J connectivity index is 3.57. The Kier molecular flexibility index (Phi) is 7.67. The van der Waals surface area contributed by atoms with Crippen LogP contribution in [0.2, 0.25) is 0 Å². The molecule has 0 heterocycles. The molecule has 0 aromatic carbocycles. The Morgan fingerprint density at radius 1 is 1.11 bits per heavy atom. The van der Waals surface area contributed by atoms with Crippen LogP contribution in [0, 0.1) is 0 Å². The minimum atomic E-state index is -0.469. The van der Waals surface area contributed by atoms with E-state index in [0.29, 0.717) is 18.7 Å². The molecule has 0 atom stereocenters. The van der Waals surface area contributed by atoms with Crippen molar-refractivity contribution in [1.29, 1.82) is 0 Å². The van der Waals surface area contributed by atoms with Gasteiger partial charge < -0.3 is 9.64 Å². The van der Waals surface area contributed by atoms with Crippen molar-refractivity contribution in [3.63, 3.8) is 0 Å². The highest BCUT2D eigenvalue weighted by atomic mass is 16.5. The van der Waals surface area contributed by atoms with E-state index in [0.717, 1.165) is 19.3 Å². The summed E-state index contributed by atoms with van der Waals surface area (Å²) in [7, 11) is 1.60. The molecule has 0 aromatic rings. The van der Waals surface area contributed by atoms with Crippen LogP contribution in [-0.4, -0.2) is 42.8 Å². The minimum Gasteiger partial charge on any atom is -0.462 e. The molecule has 0 radical (unpaired) electrons. The number of amides is 1. The van der Waals surface area contributed by atoms with Crippen LogP contribution in [0.15, 0.2) is 12.2 Å². The number of nitrogens with zero attached hydrogens (tertiary/aromatic N) is 1. The Bertz CT molecular complexity index is 336. The fourth-order valence-corrected chi connectivity index (χ4v) is 1.29. The van der Waals surface area contributed by atoms with Crippen LogP contribution in [0.1, 0.15) is 33.1 Å². The van der Waals surface area contributed by atoms with E-state index in [1.165, 1.54) is 11.8 Å². The van der Waals surface area contributed by atoms with Crippen LogP contribution in [0.5, 0.6) is 0 Å². The zero-order chi connectivity index (χ0) is 14.1. The summed E-state index contributed by atoms with van der Waals surface area (Å²) in [6, 6.07) is 0. The lowest BCUT2D eigenvalue weighted by Crippen LogP contribution is -2.32. The maximum Gasteiger partial charge on any atom is 0.333 e. The summed E-state index contributed by atoms with van der Waals surface area (Å²) in [5.74, 6) is -1.30. The molecular formula is C13H21NO4. The van der Waals surface area contributed by atoms with Crippen molar-refractivity contribution >= 4 is 17.7 Å². The summed E-state index contributed by atoms with van der Waals surface area (Å²) < 4.78 is 4.92. The quantitative estimate of drug-likeness (QED) is 0.284. The molecule has 0 aliphatic carbocycles. The number of hydrogen-bond acceptors (Lipinski definition) is 4. The van der Waals surface area contributed by atoms with Gasteiger partial charge >= 0.3 is 5.97 Å². The molecule has 1 amide bonds. The number of carbonyl (C=O) groups is 3. The molecule has 0 unspecified atom stereocenters. The third kappa shape index (κ3) is 6.83. The Morgan fingerprint density at radius 3 is 2.22 bits per heavy atom. The lowest BCUT2D eigenvalue weighted by molar-refractivity contribution is -0.142. The van der Waals surface area contributed by atoms with Gasteiger partial charge in [-0.05, 0) is 26.2 Å². The van der Waals surface area contributed by atoms with E-state index >= 15 is 0 Å². The molecule has 0 N–H and O–H groups in total. The smallest absolute Gasteiger partial charge is 0.333 e. The lowest BCUT2D eigenvalue weighted by Gasteiger charge is -2.14. The number of rotatable bonds is 8. The lowest BCUT2D eigenvalue weighted by atomic mass is 10.2. The van der Waals surface area contributed by atoms with Gasteiger partial charge in [0.1, 0.15) is 0 Å². The predicted octanol–water partition coefficient (Wildman–Crippen LogP) is 1.32. The third-order valence-corrected chi connectivity index (χ3v) is 2.37. The summed E-state index contributed by atoms with van der Waals surface area (Å²) in [5, 5.41) is 0. The summed E-state index contributed by atoms with van der Waals surface area (Å²) in [5.41, 5.74) is 0.391. The van der Waals surface area contributed by atoms with Crippen molar-refractivity contribution < 1.29 is 19.1 Å². The first-order valence-corrected chi connectivity index (χ1v) is 5.95. The summed E-state index contributed by atoms with van der Waals surface area (Å²) in [4.78, 5) is 34.5. The normalized spacial score (nSPS) is 9.72. The molecule has 0 rings (SSSR count). The number of ether oxygens (including phenoxy) is 1. The molecule has 0 spiro atoms. The van der Waals surface area contributed by atoms with E-state index in [2.05, 4.69) is 6.58 Å². The average Bonchev–Trinajstić information content (AvgIpc) is 2.31. The van der Waals surface area contributed by atoms with Crippen LogP contribution >= 0.6 is 0 Å². The predicted molar refractivity (Wildman–Crippen MR) is 67.9 cm³/mol. The van der Waals surface area contributed by atoms with E-state index in [1.54, 1.807) is 14.0 Å². The van der Waals surface area contributed by atoms with Crippen molar-refractivity contribution in [2.24, 2.45) is 0 Å². The summed E-state index contributed by atoms with van der Waals surface area (Å²) in [6.45, 7) is 7.23. The maximum absolute atomic E-state index is 11.2. The van der Waals surface area contributed by atoms with Gasteiger partial charge in [-0.25, -0.2) is 4.79 Å². The molecule has 18 heavy (non-hydrogen) atoms. The van der Waals surface area contributed by atoms with Gasteiger partial charge in [0.05, 0.1) is 6.61 Å². The molecule has 0 saturated carbocycles. The highest BCUT2D eigenvalue weighted by molar-refractivity contribution is 6.34. The van der Waals surface area contributed by atoms with Gasteiger partial charge in [0.15, 0.2) is 0 Å². The van der Waals surface area contributed by atoms with Crippen molar-refractivity contribution in [3.8, 4) is 0 Å². The highest BCUT2D eigenvalue weighted by Gasteiger charge is 2.12. The van der Waals surface area contributed by atoms with Crippen molar-refractivity contribution in [1.82, 2.24) is 4.90 Å². The number of esters is 1. The monoisotopic (exact) mass is 255 g/mol. The number of Topliss-reactive ketones (excluding diaryl/α,β-unsaturated/α-hetero) is 1. The largest absolute Gasteiger partial charge is 0.462 e. The minimum absolute atomic E-state index is 0.357. The Morgan fingerprint density at radius 2 is 1.72 bits per heavy atom. The van der Waals surface area contributed by atoms with Gasteiger partial charge in [0, 0.05) is 26.1 Å². The fourth-order valence-electron chi connectivity index (χ4n) is 1.29. The molecule has 0 bridgehead atoms. The summed E-state index contributed by atoms with van der Waals surface area (Å²) in [6.07, 6.45) is 2.35. The van der Waals surface area contributed by atoms with Crippen LogP contribution in [0.25, 0.3) is 0 Å². The third-order valence-electron chi connectivity index (χ3n) is 2.37. The number of carbonyl (C=O) groups excluding carboxylic acids is 3. The van der Waals surface area contributed by atoms with Crippen LogP contribution in [0.3, 0.4) is 0 Å². The molecule has 5 nitrogen and oxygen atoms in total. The first-order chi connectivity index (χ1) is 8.36. The summed E-state index contributed by atoms with van der Waals surface area (Å²) >= 11 is 0.